The van der Waals surface area contributed by atoms with E-state index in [1.807, 2.05) is 6.07 Å². The predicted molar refractivity (Wildman–Crippen MR) is 75.7 cm³/mol. The molecule has 1 aromatic heterocycles. The second-order valence-corrected chi connectivity index (χ2v) is 4.59. The zero-order valence-corrected chi connectivity index (χ0v) is 11.4. The number of aromatic nitrogens is 1. The molecule has 0 saturated carbocycles. The Labute approximate surface area is 124 Å². The number of nitriles is 1. The van der Waals surface area contributed by atoms with E-state index in [1.165, 1.54) is 24.3 Å². The Balaban J connectivity index is 2.50. The minimum atomic E-state index is -1.16. The van der Waals surface area contributed by atoms with Crippen molar-refractivity contribution in [2.24, 2.45) is 0 Å². The second kappa shape index (κ2) is 5.78. The monoisotopic (exact) mass is 307 g/mol. The third-order valence-electron chi connectivity index (χ3n) is 2.45. The van der Waals surface area contributed by atoms with E-state index in [4.69, 9.17) is 33.6 Å². The molecule has 2 aromatic rings. The van der Waals surface area contributed by atoms with Crippen LogP contribution >= 0.6 is 23.2 Å². The molecule has 0 bridgehead atoms. The van der Waals surface area contributed by atoms with Crippen LogP contribution in [-0.2, 0) is 0 Å². The minimum Gasteiger partial charge on any atom is -0.478 e. The zero-order chi connectivity index (χ0) is 14.7. The summed E-state index contributed by atoms with van der Waals surface area (Å²) in [7, 11) is 0. The van der Waals surface area contributed by atoms with Crippen LogP contribution in [0, 0.1) is 11.3 Å². The Kier molecular flexibility index (Phi) is 4.08. The third kappa shape index (κ3) is 2.99. The van der Waals surface area contributed by atoms with Crippen molar-refractivity contribution in [3.8, 4) is 6.07 Å². The molecule has 0 amide bonds. The van der Waals surface area contributed by atoms with Crippen LogP contribution in [0.1, 0.15) is 15.9 Å². The Morgan fingerprint density at radius 2 is 2.05 bits per heavy atom. The molecular formula is C13H7Cl2N3O2. The molecule has 2 rings (SSSR count). The fourth-order valence-corrected chi connectivity index (χ4v) is 1.87. The summed E-state index contributed by atoms with van der Waals surface area (Å²) in [6.45, 7) is 0. The molecule has 0 unspecified atom stereocenters. The van der Waals surface area contributed by atoms with Crippen LogP contribution in [0.3, 0.4) is 0 Å². The summed E-state index contributed by atoms with van der Waals surface area (Å²) in [4.78, 5) is 15.0. The van der Waals surface area contributed by atoms with Crippen molar-refractivity contribution in [3.63, 3.8) is 0 Å². The van der Waals surface area contributed by atoms with Gasteiger partial charge in [-0.3, -0.25) is 0 Å². The highest BCUT2D eigenvalue weighted by atomic mass is 35.5. The molecule has 2 N–H and O–H groups in total. The second-order valence-electron chi connectivity index (χ2n) is 3.76. The molecular weight excluding hydrogens is 301 g/mol. The van der Waals surface area contributed by atoms with Gasteiger partial charge >= 0.3 is 5.97 Å². The number of carboxylic acid groups (broad SMARTS) is 1. The van der Waals surface area contributed by atoms with Gasteiger partial charge in [-0.15, -0.1) is 0 Å². The third-order valence-corrected chi connectivity index (χ3v) is 2.89. The summed E-state index contributed by atoms with van der Waals surface area (Å²) >= 11 is 11.6. The van der Waals surface area contributed by atoms with Gasteiger partial charge in [-0.2, -0.15) is 5.26 Å². The fraction of sp³-hybridized carbons (Fsp3) is 0. The number of anilines is 2. The van der Waals surface area contributed by atoms with Crippen LogP contribution in [-0.4, -0.2) is 16.1 Å². The molecule has 0 saturated heterocycles. The maximum absolute atomic E-state index is 11.1. The highest BCUT2D eigenvalue weighted by Crippen LogP contribution is 2.26. The number of hydrogen-bond donors (Lipinski definition) is 2. The van der Waals surface area contributed by atoms with Gasteiger partial charge in [0, 0.05) is 5.02 Å². The summed E-state index contributed by atoms with van der Waals surface area (Å²) in [5.74, 6) is -1.11. The number of pyridine rings is 1. The molecule has 0 aliphatic rings. The Hall–Kier alpha value is -2.29. The largest absolute Gasteiger partial charge is 0.478 e. The molecule has 0 radical (unpaired) electrons. The molecule has 20 heavy (non-hydrogen) atoms. The first kappa shape index (κ1) is 14.1. The first-order chi connectivity index (χ1) is 9.51. The lowest BCUT2D eigenvalue weighted by atomic mass is 10.2. The predicted octanol–water partition coefficient (Wildman–Crippen LogP) is 3.70. The molecule has 0 aliphatic carbocycles. The van der Waals surface area contributed by atoms with E-state index in [0.29, 0.717) is 16.3 Å². The van der Waals surface area contributed by atoms with Gasteiger partial charge in [-0.1, -0.05) is 23.2 Å². The smallest absolute Gasteiger partial charge is 0.339 e. The van der Waals surface area contributed by atoms with Crippen LogP contribution in [0.5, 0.6) is 0 Å². The summed E-state index contributed by atoms with van der Waals surface area (Å²) < 4.78 is 0. The number of nitrogens with one attached hydrogen (secondary N) is 1. The summed E-state index contributed by atoms with van der Waals surface area (Å²) in [5.41, 5.74) is 0.614. The van der Waals surface area contributed by atoms with Gasteiger partial charge in [0.15, 0.2) is 0 Å². The number of aromatic carboxylic acids is 1. The van der Waals surface area contributed by atoms with E-state index in [0.717, 1.165) is 0 Å². The normalized spacial score (nSPS) is 9.85. The maximum Gasteiger partial charge on any atom is 0.339 e. The van der Waals surface area contributed by atoms with Crippen LogP contribution in [0.25, 0.3) is 0 Å². The van der Waals surface area contributed by atoms with Crippen molar-refractivity contribution in [2.45, 2.75) is 0 Å². The van der Waals surface area contributed by atoms with E-state index in [1.54, 1.807) is 6.07 Å². The van der Waals surface area contributed by atoms with E-state index < -0.39 is 5.97 Å². The standard InChI is InChI=1S/C13H7Cl2N3O2/c14-8-2-1-7(6-16)10(5-8)17-12-9(13(19)20)3-4-11(15)18-12/h1-5H,(H,17,18)(H,19,20). The van der Waals surface area contributed by atoms with Crippen molar-refractivity contribution in [2.75, 3.05) is 5.32 Å². The van der Waals surface area contributed by atoms with Gasteiger partial charge in [0.2, 0.25) is 0 Å². The Morgan fingerprint density at radius 1 is 1.30 bits per heavy atom. The molecule has 0 atom stereocenters. The maximum atomic E-state index is 11.1. The number of halogens is 2. The van der Waals surface area contributed by atoms with Crippen molar-refractivity contribution >= 4 is 40.7 Å². The SMILES string of the molecule is N#Cc1ccc(Cl)cc1Nc1nc(Cl)ccc1C(=O)O. The van der Waals surface area contributed by atoms with Crippen LogP contribution in [0.4, 0.5) is 11.5 Å². The summed E-state index contributed by atoms with van der Waals surface area (Å²) in [5, 5.41) is 21.4. The summed E-state index contributed by atoms with van der Waals surface area (Å²) in [6.07, 6.45) is 0. The first-order valence-corrected chi connectivity index (χ1v) is 6.13. The molecule has 0 fully saturated rings. The van der Waals surface area contributed by atoms with Crippen LogP contribution in [0.2, 0.25) is 10.2 Å². The van der Waals surface area contributed by atoms with E-state index in [2.05, 4.69) is 10.3 Å². The highest BCUT2D eigenvalue weighted by molar-refractivity contribution is 6.31. The van der Waals surface area contributed by atoms with Crippen molar-refractivity contribution < 1.29 is 9.90 Å². The van der Waals surface area contributed by atoms with Gasteiger partial charge < -0.3 is 10.4 Å². The van der Waals surface area contributed by atoms with E-state index in [-0.39, 0.29) is 16.5 Å². The molecule has 5 nitrogen and oxygen atoms in total. The highest BCUT2D eigenvalue weighted by Gasteiger charge is 2.14. The lowest BCUT2D eigenvalue weighted by Crippen LogP contribution is -2.05. The topological polar surface area (TPSA) is 86.0 Å². The number of hydrogen-bond acceptors (Lipinski definition) is 4. The van der Waals surface area contributed by atoms with Gasteiger partial charge in [0.1, 0.15) is 22.6 Å². The van der Waals surface area contributed by atoms with Crippen LogP contribution in [0.15, 0.2) is 30.3 Å². The zero-order valence-electron chi connectivity index (χ0n) is 9.89. The number of rotatable bonds is 3. The molecule has 100 valence electrons. The van der Waals surface area contributed by atoms with Gasteiger partial charge in [-0.05, 0) is 30.3 Å². The van der Waals surface area contributed by atoms with Crippen LogP contribution < -0.4 is 5.32 Å². The number of carboxylic acids is 1. The van der Waals surface area contributed by atoms with Crippen molar-refractivity contribution in [1.82, 2.24) is 4.98 Å². The van der Waals surface area contributed by atoms with Crippen molar-refractivity contribution in [3.05, 3.63) is 51.6 Å². The quantitative estimate of drug-likeness (QED) is 0.844. The molecule has 0 aliphatic heterocycles. The molecule has 1 heterocycles. The molecule has 1 aromatic carbocycles. The Bertz CT molecular complexity index is 726. The van der Waals surface area contributed by atoms with E-state index in [9.17, 15) is 4.79 Å². The van der Waals surface area contributed by atoms with Gasteiger partial charge in [0.05, 0.1) is 11.3 Å². The van der Waals surface area contributed by atoms with Gasteiger partial charge in [-0.25, -0.2) is 9.78 Å². The van der Waals surface area contributed by atoms with Crippen molar-refractivity contribution in [1.29, 1.82) is 5.26 Å². The molecule has 7 heteroatoms. The molecule has 0 spiro atoms. The summed E-state index contributed by atoms with van der Waals surface area (Å²) in [6, 6.07) is 9.28. The van der Waals surface area contributed by atoms with E-state index >= 15 is 0 Å². The Morgan fingerprint density at radius 3 is 2.70 bits per heavy atom. The first-order valence-electron chi connectivity index (χ1n) is 5.38. The average molecular weight is 308 g/mol. The number of benzene rings is 1. The van der Waals surface area contributed by atoms with Gasteiger partial charge in [0.25, 0.3) is 0 Å². The average Bonchev–Trinajstić information content (AvgIpc) is 2.38. The number of nitrogens with zero attached hydrogens (tertiary/aromatic N) is 2. The number of carbonyl (C=O) groups is 1. The minimum absolute atomic E-state index is 0.0452. The lowest BCUT2D eigenvalue weighted by molar-refractivity contribution is 0.0697. The fourth-order valence-electron chi connectivity index (χ4n) is 1.55. The lowest BCUT2D eigenvalue weighted by Gasteiger charge is -2.10.